The molecule has 0 aromatic heterocycles. The number of rotatable bonds is 6. The second-order valence-electron chi connectivity index (χ2n) is 6.05. The lowest BCUT2D eigenvalue weighted by molar-refractivity contribution is 0.0678. The van der Waals surface area contributed by atoms with E-state index in [1.807, 2.05) is 31.3 Å². The Kier molecular flexibility index (Phi) is 5.62. The first-order chi connectivity index (χ1) is 10.1. The van der Waals surface area contributed by atoms with E-state index in [9.17, 15) is 4.79 Å². The fraction of sp³-hybridized carbons (Fsp3) is 0.588. The van der Waals surface area contributed by atoms with Crippen LogP contribution in [0.15, 0.2) is 24.3 Å². The molecule has 1 atom stereocenters. The van der Waals surface area contributed by atoms with Crippen LogP contribution in [0.3, 0.4) is 0 Å². The molecule has 1 aliphatic heterocycles. The second-order valence-corrected chi connectivity index (χ2v) is 6.05. The van der Waals surface area contributed by atoms with E-state index in [-0.39, 0.29) is 12.0 Å². The number of hydrogen-bond acceptors (Lipinski definition) is 3. The average molecular weight is 291 g/mol. The van der Waals surface area contributed by atoms with Crippen molar-refractivity contribution in [2.24, 2.45) is 5.92 Å². The van der Waals surface area contributed by atoms with Gasteiger partial charge in [0.05, 0.1) is 6.10 Å². The number of amides is 1. The van der Waals surface area contributed by atoms with Crippen LogP contribution in [0.2, 0.25) is 0 Å². The van der Waals surface area contributed by atoms with Crippen molar-refractivity contribution in [2.45, 2.75) is 32.8 Å². The van der Waals surface area contributed by atoms with E-state index in [1.54, 1.807) is 4.90 Å². The SMILES string of the molecule is CC(C)CN(C)C(=O)c1cccc(OCC2CCCO2)c1. The summed E-state index contributed by atoms with van der Waals surface area (Å²) in [5, 5.41) is 0. The minimum Gasteiger partial charge on any atom is -0.491 e. The summed E-state index contributed by atoms with van der Waals surface area (Å²) in [5.41, 5.74) is 0.669. The highest BCUT2D eigenvalue weighted by Crippen LogP contribution is 2.18. The summed E-state index contributed by atoms with van der Waals surface area (Å²) in [5.74, 6) is 1.22. The molecule has 1 fully saturated rings. The van der Waals surface area contributed by atoms with Crippen molar-refractivity contribution in [2.75, 3.05) is 26.8 Å². The van der Waals surface area contributed by atoms with Crippen molar-refractivity contribution < 1.29 is 14.3 Å². The van der Waals surface area contributed by atoms with Crippen LogP contribution in [0.5, 0.6) is 5.75 Å². The quantitative estimate of drug-likeness (QED) is 0.809. The molecular formula is C17H25NO3. The van der Waals surface area contributed by atoms with E-state index in [0.717, 1.165) is 31.7 Å². The molecule has 1 aliphatic rings. The summed E-state index contributed by atoms with van der Waals surface area (Å²) in [4.78, 5) is 14.1. The summed E-state index contributed by atoms with van der Waals surface area (Å²) in [6.45, 7) is 6.34. The molecule has 1 saturated heterocycles. The normalized spacial score (nSPS) is 18.0. The van der Waals surface area contributed by atoms with E-state index in [2.05, 4.69) is 13.8 Å². The van der Waals surface area contributed by atoms with Crippen molar-refractivity contribution in [3.63, 3.8) is 0 Å². The van der Waals surface area contributed by atoms with Crippen LogP contribution < -0.4 is 4.74 Å². The minimum absolute atomic E-state index is 0.0336. The molecule has 0 saturated carbocycles. The number of hydrogen-bond donors (Lipinski definition) is 0. The van der Waals surface area contributed by atoms with Gasteiger partial charge in [0.2, 0.25) is 0 Å². The molecule has 0 radical (unpaired) electrons. The Morgan fingerprint density at radius 1 is 1.48 bits per heavy atom. The van der Waals surface area contributed by atoms with E-state index in [0.29, 0.717) is 18.1 Å². The number of nitrogens with zero attached hydrogens (tertiary/aromatic N) is 1. The Morgan fingerprint density at radius 3 is 2.95 bits per heavy atom. The molecule has 0 bridgehead atoms. The molecule has 4 heteroatoms. The van der Waals surface area contributed by atoms with Crippen LogP contribution in [-0.2, 0) is 4.74 Å². The van der Waals surface area contributed by atoms with Crippen molar-refractivity contribution in [3.05, 3.63) is 29.8 Å². The maximum atomic E-state index is 12.3. The van der Waals surface area contributed by atoms with Crippen LogP contribution in [0.4, 0.5) is 0 Å². The van der Waals surface area contributed by atoms with Gasteiger partial charge in [0.25, 0.3) is 5.91 Å². The monoisotopic (exact) mass is 291 g/mol. The molecule has 0 N–H and O–H groups in total. The Bertz CT molecular complexity index is 467. The summed E-state index contributed by atoms with van der Waals surface area (Å²) in [7, 11) is 1.84. The zero-order chi connectivity index (χ0) is 15.2. The summed E-state index contributed by atoms with van der Waals surface area (Å²) < 4.78 is 11.3. The Balaban J connectivity index is 1.94. The molecule has 1 aromatic carbocycles. The predicted molar refractivity (Wildman–Crippen MR) is 82.7 cm³/mol. The van der Waals surface area contributed by atoms with Gasteiger partial charge in [-0.05, 0) is 37.0 Å². The van der Waals surface area contributed by atoms with E-state index in [1.165, 1.54) is 0 Å². The van der Waals surface area contributed by atoms with Crippen LogP contribution in [0, 0.1) is 5.92 Å². The average Bonchev–Trinajstić information content (AvgIpc) is 2.97. The molecule has 116 valence electrons. The van der Waals surface area contributed by atoms with E-state index < -0.39 is 0 Å². The number of benzene rings is 1. The first-order valence-electron chi connectivity index (χ1n) is 7.66. The van der Waals surface area contributed by atoms with Gasteiger partial charge in [-0.25, -0.2) is 0 Å². The third-order valence-electron chi connectivity index (χ3n) is 3.53. The maximum Gasteiger partial charge on any atom is 0.253 e. The molecule has 21 heavy (non-hydrogen) atoms. The number of carbonyl (C=O) groups is 1. The van der Waals surface area contributed by atoms with Gasteiger partial charge in [0, 0.05) is 25.8 Å². The summed E-state index contributed by atoms with van der Waals surface area (Å²) >= 11 is 0. The number of ether oxygens (including phenoxy) is 2. The van der Waals surface area contributed by atoms with Crippen LogP contribution in [0.25, 0.3) is 0 Å². The molecule has 1 amide bonds. The Morgan fingerprint density at radius 2 is 2.29 bits per heavy atom. The number of carbonyl (C=O) groups excluding carboxylic acids is 1. The summed E-state index contributed by atoms with van der Waals surface area (Å²) in [6, 6.07) is 7.39. The first kappa shape index (κ1) is 15.8. The Hall–Kier alpha value is -1.55. The topological polar surface area (TPSA) is 38.8 Å². The largest absolute Gasteiger partial charge is 0.491 e. The highest BCUT2D eigenvalue weighted by molar-refractivity contribution is 5.94. The lowest BCUT2D eigenvalue weighted by atomic mass is 10.1. The van der Waals surface area contributed by atoms with Gasteiger partial charge < -0.3 is 14.4 Å². The zero-order valence-corrected chi connectivity index (χ0v) is 13.2. The van der Waals surface area contributed by atoms with Crippen molar-refractivity contribution in [1.82, 2.24) is 4.90 Å². The standard InChI is InChI=1S/C17H25NO3/c1-13(2)11-18(3)17(19)14-6-4-7-15(10-14)21-12-16-8-5-9-20-16/h4,6-7,10,13,16H,5,8-9,11-12H2,1-3H3. The molecule has 0 aliphatic carbocycles. The smallest absolute Gasteiger partial charge is 0.253 e. The van der Waals surface area contributed by atoms with Gasteiger partial charge in [-0.15, -0.1) is 0 Å². The van der Waals surface area contributed by atoms with E-state index >= 15 is 0 Å². The van der Waals surface area contributed by atoms with Gasteiger partial charge in [-0.1, -0.05) is 19.9 Å². The third-order valence-corrected chi connectivity index (χ3v) is 3.53. The first-order valence-corrected chi connectivity index (χ1v) is 7.66. The molecular weight excluding hydrogens is 266 g/mol. The van der Waals surface area contributed by atoms with Gasteiger partial charge in [0.1, 0.15) is 12.4 Å². The van der Waals surface area contributed by atoms with Gasteiger partial charge >= 0.3 is 0 Å². The summed E-state index contributed by atoms with van der Waals surface area (Å²) in [6.07, 6.45) is 2.34. The molecule has 1 heterocycles. The van der Waals surface area contributed by atoms with Crippen molar-refractivity contribution >= 4 is 5.91 Å². The molecule has 1 aromatic rings. The highest BCUT2D eigenvalue weighted by Gasteiger charge is 2.17. The van der Waals surface area contributed by atoms with Crippen LogP contribution in [-0.4, -0.2) is 43.7 Å². The lowest BCUT2D eigenvalue weighted by Crippen LogP contribution is -2.30. The lowest BCUT2D eigenvalue weighted by Gasteiger charge is -2.20. The Labute approximate surface area is 127 Å². The third kappa shape index (κ3) is 4.74. The predicted octanol–water partition coefficient (Wildman–Crippen LogP) is 2.97. The van der Waals surface area contributed by atoms with E-state index in [4.69, 9.17) is 9.47 Å². The maximum absolute atomic E-state index is 12.3. The molecule has 2 rings (SSSR count). The van der Waals surface area contributed by atoms with Gasteiger partial charge in [0.15, 0.2) is 0 Å². The van der Waals surface area contributed by atoms with Gasteiger partial charge in [-0.3, -0.25) is 4.79 Å². The highest BCUT2D eigenvalue weighted by atomic mass is 16.5. The van der Waals surface area contributed by atoms with Crippen LogP contribution >= 0.6 is 0 Å². The molecule has 0 spiro atoms. The van der Waals surface area contributed by atoms with Crippen LogP contribution in [0.1, 0.15) is 37.0 Å². The minimum atomic E-state index is 0.0336. The molecule has 1 unspecified atom stereocenters. The fourth-order valence-corrected chi connectivity index (χ4v) is 2.53. The van der Waals surface area contributed by atoms with Crippen molar-refractivity contribution in [3.8, 4) is 5.75 Å². The second kappa shape index (κ2) is 7.46. The fourth-order valence-electron chi connectivity index (χ4n) is 2.53. The molecule has 4 nitrogen and oxygen atoms in total. The zero-order valence-electron chi connectivity index (χ0n) is 13.2. The van der Waals surface area contributed by atoms with Crippen molar-refractivity contribution in [1.29, 1.82) is 0 Å². The van der Waals surface area contributed by atoms with Gasteiger partial charge in [-0.2, -0.15) is 0 Å².